The van der Waals surface area contributed by atoms with Crippen molar-refractivity contribution in [3.63, 3.8) is 0 Å². The molecule has 3 rings (SSSR count). The highest BCUT2D eigenvalue weighted by molar-refractivity contribution is 6.30. The molecule has 2 aromatic rings. The Morgan fingerprint density at radius 3 is 2.69 bits per heavy atom. The van der Waals surface area contributed by atoms with E-state index >= 15 is 0 Å². The number of ether oxygens (including phenoxy) is 1. The fraction of sp³-hybridized carbons (Fsp3) is 0.417. The van der Waals surface area contributed by atoms with Crippen LogP contribution in [0.25, 0.3) is 0 Å². The maximum absolute atomic E-state index is 11.3. The molecule has 1 saturated heterocycles. The van der Waals surface area contributed by atoms with Gasteiger partial charge in [-0.05, 0) is 56.2 Å². The molecular formula is C24H31ClN4O3. The third-order valence-electron chi connectivity index (χ3n) is 5.37. The lowest BCUT2D eigenvalue weighted by Crippen LogP contribution is -2.51. The van der Waals surface area contributed by atoms with E-state index in [9.17, 15) is 9.90 Å². The molecule has 0 aliphatic carbocycles. The van der Waals surface area contributed by atoms with E-state index < -0.39 is 5.97 Å². The van der Waals surface area contributed by atoms with E-state index in [0.717, 1.165) is 49.3 Å². The molecule has 7 nitrogen and oxygen atoms in total. The van der Waals surface area contributed by atoms with Gasteiger partial charge in [0, 0.05) is 62.3 Å². The molecule has 1 fully saturated rings. The topological polar surface area (TPSA) is 77.4 Å². The number of anilines is 2. The van der Waals surface area contributed by atoms with Crippen LogP contribution in [0.2, 0.25) is 5.02 Å². The average Bonchev–Trinajstić information content (AvgIpc) is 2.80. The Bertz CT molecular complexity index is 943. The number of piperazine rings is 1. The Kier molecular flexibility index (Phi) is 8.76. The first kappa shape index (κ1) is 23.9. The van der Waals surface area contributed by atoms with Gasteiger partial charge < -0.3 is 25.0 Å². The average molecular weight is 459 g/mol. The van der Waals surface area contributed by atoms with E-state index in [1.807, 2.05) is 31.2 Å². The Morgan fingerprint density at radius 1 is 1.19 bits per heavy atom. The first-order valence-electron chi connectivity index (χ1n) is 11.0. The molecule has 0 radical (unpaired) electrons. The third-order valence-corrected chi connectivity index (χ3v) is 5.60. The van der Waals surface area contributed by atoms with Crippen molar-refractivity contribution >= 4 is 34.9 Å². The van der Waals surface area contributed by atoms with Crippen LogP contribution in [0.4, 0.5) is 11.4 Å². The van der Waals surface area contributed by atoms with E-state index in [1.54, 1.807) is 18.2 Å². The largest absolute Gasteiger partial charge is 0.478 e. The second-order valence-electron chi connectivity index (χ2n) is 7.67. The number of benzene rings is 2. The molecular weight excluding hydrogens is 428 g/mol. The van der Waals surface area contributed by atoms with E-state index in [4.69, 9.17) is 21.3 Å². The van der Waals surface area contributed by atoms with Gasteiger partial charge in [0.15, 0.2) is 5.96 Å². The Labute approximate surface area is 194 Å². The zero-order valence-corrected chi connectivity index (χ0v) is 19.4. The first-order chi connectivity index (χ1) is 15.5. The number of halogens is 1. The first-order valence-corrected chi connectivity index (χ1v) is 11.3. The van der Waals surface area contributed by atoms with Crippen LogP contribution in [0.5, 0.6) is 0 Å². The van der Waals surface area contributed by atoms with Crippen molar-refractivity contribution in [2.45, 2.75) is 20.3 Å². The Balaban J connectivity index is 1.70. The van der Waals surface area contributed by atoms with Gasteiger partial charge in [-0.15, -0.1) is 0 Å². The van der Waals surface area contributed by atoms with Crippen LogP contribution < -0.4 is 10.2 Å². The van der Waals surface area contributed by atoms with Gasteiger partial charge in [-0.25, -0.2) is 4.79 Å². The van der Waals surface area contributed by atoms with Gasteiger partial charge in [0.25, 0.3) is 0 Å². The van der Waals surface area contributed by atoms with Crippen molar-refractivity contribution in [2.75, 3.05) is 56.2 Å². The molecule has 1 aliphatic rings. The Hall–Kier alpha value is -2.77. The lowest BCUT2D eigenvalue weighted by molar-refractivity contribution is 0.0697. The molecule has 2 aromatic carbocycles. The second-order valence-corrected chi connectivity index (χ2v) is 8.11. The van der Waals surface area contributed by atoms with Crippen LogP contribution in [-0.2, 0) is 4.74 Å². The van der Waals surface area contributed by atoms with Crippen LogP contribution >= 0.6 is 11.6 Å². The van der Waals surface area contributed by atoms with Crippen molar-refractivity contribution in [3.05, 3.63) is 58.6 Å². The highest BCUT2D eigenvalue weighted by atomic mass is 35.5. The standard InChI is InChI=1S/C24H31ClN4O3/c1-3-32-15-5-10-26-24(27-21-7-4-6-19(16-21)23(30)31)29-13-11-28(12-14-29)22-17-20(25)9-8-18(22)2/h4,6-9,16-17H,3,5,10-15H2,1-2H3,(H,26,27)(H,30,31). The minimum absolute atomic E-state index is 0.243. The predicted molar refractivity (Wildman–Crippen MR) is 130 cm³/mol. The molecule has 32 heavy (non-hydrogen) atoms. The molecule has 8 heteroatoms. The summed E-state index contributed by atoms with van der Waals surface area (Å²) in [5.74, 6) is -0.194. The van der Waals surface area contributed by atoms with Gasteiger partial charge >= 0.3 is 5.97 Å². The van der Waals surface area contributed by atoms with Gasteiger partial charge in [0.05, 0.1) is 5.56 Å². The maximum atomic E-state index is 11.3. The molecule has 172 valence electrons. The van der Waals surface area contributed by atoms with Crippen LogP contribution in [0, 0.1) is 6.92 Å². The van der Waals surface area contributed by atoms with Crippen molar-refractivity contribution in [1.82, 2.24) is 4.90 Å². The highest BCUT2D eigenvalue weighted by Crippen LogP contribution is 2.25. The molecule has 1 heterocycles. The second kappa shape index (κ2) is 11.7. The summed E-state index contributed by atoms with van der Waals surface area (Å²) < 4.78 is 5.42. The van der Waals surface area contributed by atoms with E-state index in [-0.39, 0.29) is 5.56 Å². The molecule has 0 saturated carbocycles. The third kappa shape index (κ3) is 6.61. The monoisotopic (exact) mass is 458 g/mol. The van der Waals surface area contributed by atoms with Crippen LogP contribution in [-0.4, -0.2) is 67.9 Å². The molecule has 2 N–H and O–H groups in total. The number of aryl methyl sites for hydroxylation is 1. The van der Waals surface area contributed by atoms with Gasteiger partial charge in [0.2, 0.25) is 0 Å². The van der Waals surface area contributed by atoms with Gasteiger partial charge in [0.1, 0.15) is 0 Å². The molecule has 0 atom stereocenters. The normalized spacial score (nSPS) is 14.5. The molecule has 0 bridgehead atoms. The van der Waals surface area contributed by atoms with E-state index in [0.29, 0.717) is 25.4 Å². The summed E-state index contributed by atoms with van der Waals surface area (Å²) in [5, 5.41) is 13.4. The minimum Gasteiger partial charge on any atom is -0.478 e. The molecule has 0 unspecified atom stereocenters. The number of hydrogen-bond donors (Lipinski definition) is 2. The molecule has 0 spiro atoms. The van der Waals surface area contributed by atoms with Gasteiger partial charge in [-0.3, -0.25) is 4.99 Å². The zero-order chi connectivity index (χ0) is 22.9. The van der Waals surface area contributed by atoms with Gasteiger partial charge in [-0.2, -0.15) is 0 Å². The van der Waals surface area contributed by atoms with Gasteiger partial charge in [-0.1, -0.05) is 23.7 Å². The lowest BCUT2D eigenvalue weighted by Gasteiger charge is -2.38. The fourth-order valence-electron chi connectivity index (χ4n) is 3.66. The number of rotatable bonds is 8. The van der Waals surface area contributed by atoms with Crippen LogP contribution in [0.15, 0.2) is 47.5 Å². The summed E-state index contributed by atoms with van der Waals surface area (Å²) in [5.41, 5.74) is 3.32. The number of guanidine groups is 1. The number of nitrogens with zero attached hydrogens (tertiary/aromatic N) is 3. The van der Waals surface area contributed by atoms with Crippen molar-refractivity contribution < 1.29 is 14.6 Å². The lowest BCUT2D eigenvalue weighted by atomic mass is 10.1. The summed E-state index contributed by atoms with van der Waals surface area (Å²) in [6.45, 7) is 9.35. The van der Waals surface area contributed by atoms with Crippen molar-refractivity contribution in [3.8, 4) is 0 Å². The predicted octanol–water partition coefficient (Wildman–Crippen LogP) is 4.36. The summed E-state index contributed by atoms with van der Waals surface area (Å²) in [7, 11) is 0. The van der Waals surface area contributed by atoms with Crippen LogP contribution in [0.1, 0.15) is 29.3 Å². The number of aliphatic imine (C=N–C) groups is 1. The van der Waals surface area contributed by atoms with Crippen molar-refractivity contribution in [2.24, 2.45) is 4.99 Å². The summed E-state index contributed by atoms with van der Waals surface area (Å²) >= 11 is 6.22. The van der Waals surface area contributed by atoms with E-state index in [2.05, 4.69) is 22.0 Å². The molecule has 1 aliphatic heterocycles. The van der Waals surface area contributed by atoms with Crippen molar-refractivity contribution in [1.29, 1.82) is 0 Å². The Morgan fingerprint density at radius 2 is 1.97 bits per heavy atom. The quantitative estimate of drug-likeness (QED) is 0.347. The smallest absolute Gasteiger partial charge is 0.335 e. The highest BCUT2D eigenvalue weighted by Gasteiger charge is 2.21. The minimum atomic E-state index is -0.950. The summed E-state index contributed by atoms with van der Waals surface area (Å²) in [4.78, 5) is 20.7. The fourth-order valence-corrected chi connectivity index (χ4v) is 3.82. The summed E-state index contributed by atoms with van der Waals surface area (Å²) in [6, 6.07) is 12.8. The zero-order valence-electron chi connectivity index (χ0n) is 18.7. The maximum Gasteiger partial charge on any atom is 0.335 e. The number of hydrogen-bond acceptors (Lipinski definition) is 4. The molecule has 0 aromatic heterocycles. The summed E-state index contributed by atoms with van der Waals surface area (Å²) in [6.07, 6.45) is 0.829. The SMILES string of the molecule is CCOCCCN=C(Nc1cccc(C(=O)O)c1)N1CCN(c2cc(Cl)ccc2C)CC1. The number of carbonyl (C=O) groups is 1. The number of carboxylic acid groups (broad SMARTS) is 1. The number of carboxylic acids is 1. The number of aromatic carboxylic acids is 1. The molecule has 0 amide bonds. The van der Waals surface area contributed by atoms with Crippen LogP contribution in [0.3, 0.4) is 0 Å². The number of nitrogens with one attached hydrogen (secondary N) is 1. The van der Waals surface area contributed by atoms with E-state index in [1.165, 1.54) is 5.56 Å².